The number of hydrogen-bond acceptors (Lipinski definition) is 6. The number of aromatic nitrogens is 2. The number of carbonyl (C=O) groups excluding carboxylic acids is 2. The van der Waals surface area contributed by atoms with E-state index in [1.165, 1.54) is 11.8 Å². The van der Waals surface area contributed by atoms with E-state index in [0.717, 1.165) is 22.6 Å². The van der Waals surface area contributed by atoms with Crippen molar-refractivity contribution >= 4 is 35.0 Å². The van der Waals surface area contributed by atoms with E-state index in [9.17, 15) is 9.59 Å². The first-order valence-corrected chi connectivity index (χ1v) is 13.0. The van der Waals surface area contributed by atoms with Crippen LogP contribution in [0.2, 0.25) is 0 Å². The van der Waals surface area contributed by atoms with Crippen LogP contribution in [0.3, 0.4) is 0 Å². The maximum Gasteiger partial charge on any atom is 0.247 e. The fourth-order valence-electron chi connectivity index (χ4n) is 3.95. The molecule has 0 aliphatic rings. The molecular weight excluding hydrogens is 470 g/mol. The minimum atomic E-state index is -0.646. The highest BCUT2D eigenvalue weighted by Gasteiger charge is 2.32. The lowest BCUT2D eigenvalue weighted by Gasteiger charge is -2.33. The molecule has 3 aromatic rings. The smallest absolute Gasteiger partial charge is 0.247 e. The van der Waals surface area contributed by atoms with E-state index in [2.05, 4.69) is 15.3 Å². The molecule has 0 aliphatic heterocycles. The first-order chi connectivity index (χ1) is 17.1. The van der Waals surface area contributed by atoms with Gasteiger partial charge in [-0.1, -0.05) is 55.9 Å². The van der Waals surface area contributed by atoms with Crippen LogP contribution in [0.15, 0.2) is 65.8 Å². The van der Waals surface area contributed by atoms with Crippen LogP contribution in [0.25, 0.3) is 0 Å². The summed E-state index contributed by atoms with van der Waals surface area (Å²) in [7, 11) is 3.94. The second kappa shape index (κ2) is 12.5. The standard InChI is InChI=1S/C28H35N5O2S/c1-19(2)26(27(35)31-23-12-14-24(15-13-23)32(5)6)33(17-22-10-8-7-9-11-22)25(34)18-36-28-29-20(3)16-21(4)30-28/h7-16,19,26H,17-18H2,1-6H3,(H,31,35)/t26-/m1/s1. The van der Waals surface area contributed by atoms with Crippen molar-refractivity contribution in [2.75, 3.05) is 30.1 Å². The third-order valence-corrected chi connectivity index (χ3v) is 6.52. The highest BCUT2D eigenvalue weighted by atomic mass is 32.2. The zero-order valence-electron chi connectivity index (χ0n) is 21.9. The summed E-state index contributed by atoms with van der Waals surface area (Å²) in [6.45, 7) is 8.08. The number of benzene rings is 2. The zero-order valence-corrected chi connectivity index (χ0v) is 22.7. The van der Waals surface area contributed by atoms with Crippen molar-refractivity contribution in [1.82, 2.24) is 14.9 Å². The van der Waals surface area contributed by atoms with Gasteiger partial charge in [0, 0.05) is 43.4 Å². The van der Waals surface area contributed by atoms with Gasteiger partial charge in [0.2, 0.25) is 11.8 Å². The molecule has 1 heterocycles. The molecule has 1 atom stereocenters. The van der Waals surface area contributed by atoms with Gasteiger partial charge >= 0.3 is 0 Å². The van der Waals surface area contributed by atoms with Crippen LogP contribution in [0.5, 0.6) is 0 Å². The number of nitrogens with zero attached hydrogens (tertiary/aromatic N) is 4. The number of hydrogen-bond donors (Lipinski definition) is 1. The summed E-state index contributed by atoms with van der Waals surface area (Å²) < 4.78 is 0. The number of thioether (sulfide) groups is 1. The van der Waals surface area contributed by atoms with Crippen molar-refractivity contribution in [3.05, 3.63) is 77.6 Å². The van der Waals surface area contributed by atoms with Gasteiger partial charge < -0.3 is 15.1 Å². The lowest BCUT2D eigenvalue weighted by Crippen LogP contribution is -2.50. The van der Waals surface area contributed by atoms with Crippen LogP contribution in [-0.4, -0.2) is 52.6 Å². The summed E-state index contributed by atoms with van der Waals surface area (Å²) >= 11 is 1.30. The second-order valence-corrected chi connectivity index (χ2v) is 10.3. The third kappa shape index (κ3) is 7.55. The Kier molecular flexibility index (Phi) is 9.47. The van der Waals surface area contributed by atoms with E-state index in [-0.39, 0.29) is 23.5 Å². The van der Waals surface area contributed by atoms with Gasteiger partial charge in [-0.2, -0.15) is 0 Å². The molecule has 0 saturated carbocycles. The Hall–Kier alpha value is -3.39. The Balaban J connectivity index is 1.83. The minimum Gasteiger partial charge on any atom is -0.378 e. The molecule has 1 aromatic heterocycles. The predicted octanol–water partition coefficient (Wildman–Crippen LogP) is 4.94. The highest BCUT2D eigenvalue weighted by Crippen LogP contribution is 2.22. The normalized spacial score (nSPS) is 11.8. The van der Waals surface area contributed by atoms with Crippen molar-refractivity contribution in [3.8, 4) is 0 Å². The largest absolute Gasteiger partial charge is 0.378 e. The Bertz CT molecular complexity index is 1150. The molecule has 7 nitrogen and oxygen atoms in total. The topological polar surface area (TPSA) is 78.4 Å². The van der Waals surface area contributed by atoms with Crippen molar-refractivity contribution in [2.45, 2.75) is 45.4 Å². The summed E-state index contributed by atoms with van der Waals surface area (Å²) in [6, 6.07) is 18.7. The summed E-state index contributed by atoms with van der Waals surface area (Å²) in [5.74, 6) is -0.298. The summed E-state index contributed by atoms with van der Waals surface area (Å²) in [6.07, 6.45) is 0. The van der Waals surface area contributed by atoms with Gasteiger partial charge in [0.25, 0.3) is 0 Å². The number of aryl methyl sites for hydroxylation is 2. The van der Waals surface area contributed by atoms with Crippen molar-refractivity contribution in [1.29, 1.82) is 0 Å². The maximum absolute atomic E-state index is 13.6. The van der Waals surface area contributed by atoms with Crippen LogP contribution in [0, 0.1) is 19.8 Å². The van der Waals surface area contributed by atoms with E-state index in [4.69, 9.17) is 0 Å². The lowest BCUT2D eigenvalue weighted by atomic mass is 10.00. The van der Waals surface area contributed by atoms with Gasteiger partial charge in [-0.05, 0) is 55.7 Å². The zero-order chi connectivity index (χ0) is 26.2. The van der Waals surface area contributed by atoms with E-state index in [1.54, 1.807) is 4.90 Å². The van der Waals surface area contributed by atoms with Crippen LogP contribution < -0.4 is 10.2 Å². The first-order valence-electron chi connectivity index (χ1n) is 12.0. The minimum absolute atomic E-state index is 0.0961. The van der Waals surface area contributed by atoms with Gasteiger partial charge in [0.1, 0.15) is 6.04 Å². The fourth-order valence-corrected chi connectivity index (χ4v) is 4.79. The predicted molar refractivity (Wildman–Crippen MR) is 147 cm³/mol. The molecule has 0 spiro atoms. The van der Waals surface area contributed by atoms with Crippen molar-refractivity contribution in [3.63, 3.8) is 0 Å². The molecule has 2 aromatic carbocycles. The summed E-state index contributed by atoms with van der Waals surface area (Å²) in [4.78, 5) is 39.7. The number of amides is 2. The number of nitrogens with one attached hydrogen (secondary N) is 1. The van der Waals surface area contributed by atoms with Crippen molar-refractivity contribution in [2.24, 2.45) is 5.92 Å². The molecule has 0 bridgehead atoms. The molecule has 0 radical (unpaired) electrons. The fraction of sp³-hybridized carbons (Fsp3) is 0.357. The van der Waals surface area contributed by atoms with Crippen molar-refractivity contribution < 1.29 is 9.59 Å². The van der Waals surface area contributed by atoms with Gasteiger partial charge in [0.05, 0.1) is 5.75 Å². The molecule has 0 aliphatic carbocycles. The van der Waals surface area contributed by atoms with E-state index < -0.39 is 6.04 Å². The lowest BCUT2D eigenvalue weighted by molar-refractivity contribution is -0.138. The number of anilines is 2. The Morgan fingerprint density at radius 2 is 1.56 bits per heavy atom. The third-order valence-electron chi connectivity index (χ3n) is 5.69. The number of carbonyl (C=O) groups is 2. The van der Waals surface area contributed by atoms with E-state index in [1.807, 2.05) is 107 Å². The molecule has 0 fully saturated rings. The molecule has 0 unspecified atom stereocenters. The highest BCUT2D eigenvalue weighted by molar-refractivity contribution is 7.99. The molecule has 2 amide bonds. The summed E-state index contributed by atoms with van der Waals surface area (Å²) in [5, 5.41) is 3.58. The van der Waals surface area contributed by atoms with Gasteiger partial charge in [-0.15, -0.1) is 0 Å². The van der Waals surface area contributed by atoms with Crippen LogP contribution in [-0.2, 0) is 16.1 Å². The Morgan fingerprint density at radius 1 is 0.944 bits per heavy atom. The van der Waals surface area contributed by atoms with Crippen LogP contribution in [0.1, 0.15) is 30.8 Å². The van der Waals surface area contributed by atoms with Gasteiger partial charge in [-0.25, -0.2) is 9.97 Å². The Morgan fingerprint density at radius 3 is 2.11 bits per heavy atom. The molecule has 8 heteroatoms. The monoisotopic (exact) mass is 505 g/mol. The Labute approximate surface area is 218 Å². The molecule has 3 rings (SSSR count). The average molecular weight is 506 g/mol. The van der Waals surface area contributed by atoms with Crippen LogP contribution >= 0.6 is 11.8 Å². The SMILES string of the molecule is Cc1cc(C)nc(SCC(=O)N(Cc2ccccc2)[C@@H](C(=O)Nc2ccc(N(C)C)cc2)C(C)C)n1. The quantitative estimate of drug-likeness (QED) is 0.311. The van der Waals surface area contributed by atoms with E-state index >= 15 is 0 Å². The molecular formula is C28H35N5O2S. The van der Waals surface area contributed by atoms with Gasteiger partial charge in [0.15, 0.2) is 5.16 Å². The van der Waals surface area contributed by atoms with Gasteiger partial charge in [-0.3, -0.25) is 9.59 Å². The number of rotatable bonds is 10. The molecule has 1 N–H and O–H groups in total. The molecule has 36 heavy (non-hydrogen) atoms. The second-order valence-electron chi connectivity index (χ2n) is 9.35. The summed E-state index contributed by atoms with van der Waals surface area (Å²) in [5.41, 5.74) is 4.42. The van der Waals surface area contributed by atoms with E-state index in [0.29, 0.717) is 17.4 Å². The van der Waals surface area contributed by atoms with Crippen LogP contribution in [0.4, 0.5) is 11.4 Å². The molecule has 0 saturated heterocycles. The first kappa shape index (κ1) is 27.2. The molecule has 190 valence electrons. The maximum atomic E-state index is 13.6. The average Bonchev–Trinajstić information content (AvgIpc) is 2.82.